The molecule has 0 saturated heterocycles. The number of nitrogens with zero attached hydrogens (tertiary/aromatic N) is 2. The molecule has 2 aliphatic rings. The fraction of sp³-hybridized carbons (Fsp3) is 0.111. The van der Waals surface area contributed by atoms with E-state index in [1.807, 2.05) is 24.3 Å². The zero-order valence-corrected chi connectivity index (χ0v) is 14.4. The van der Waals surface area contributed by atoms with Gasteiger partial charge in [-0.2, -0.15) is 8.42 Å². The van der Waals surface area contributed by atoms with Crippen molar-refractivity contribution in [1.82, 2.24) is 5.32 Å². The van der Waals surface area contributed by atoms with E-state index in [9.17, 15) is 8.42 Å². The van der Waals surface area contributed by atoms with Crippen LogP contribution in [0, 0.1) is 0 Å². The molecule has 7 nitrogen and oxygen atoms in total. The number of hydrogen-bond donors (Lipinski definition) is 1. The fourth-order valence-electron chi connectivity index (χ4n) is 2.49. The van der Waals surface area contributed by atoms with Crippen LogP contribution < -0.4 is 14.8 Å². The summed E-state index contributed by atoms with van der Waals surface area (Å²) >= 11 is 0. The van der Waals surface area contributed by atoms with Gasteiger partial charge in [0.1, 0.15) is 5.84 Å². The van der Waals surface area contributed by atoms with Crippen LogP contribution in [0.15, 0.2) is 69.0 Å². The summed E-state index contributed by atoms with van der Waals surface area (Å²) in [5.74, 6) is 1.81. The minimum absolute atomic E-state index is 0.126. The molecule has 0 spiro atoms. The first-order valence-electron chi connectivity index (χ1n) is 7.89. The van der Waals surface area contributed by atoms with Gasteiger partial charge in [-0.3, -0.25) is 4.99 Å². The minimum atomic E-state index is -3.73. The summed E-state index contributed by atoms with van der Waals surface area (Å²) in [7, 11) is -3.73. The summed E-state index contributed by atoms with van der Waals surface area (Å²) in [4.78, 5) is 4.48. The average Bonchev–Trinajstić information content (AvgIpc) is 3.31. The van der Waals surface area contributed by atoms with Gasteiger partial charge in [-0.1, -0.05) is 6.08 Å². The van der Waals surface area contributed by atoms with Crippen molar-refractivity contribution in [1.29, 1.82) is 0 Å². The van der Waals surface area contributed by atoms with Gasteiger partial charge in [-0.25, -0.2) is 0 Å². The van der Waals surface area contributed by atoms with E-state index in [2.05, 4.69) is 14.7 Å². The molecule has 0 atom stereocenters. The Morgan fingerprint density at radius 2 is 1.85 bits per heavy atom. The largest absolute Gasteiger partial charge is 0.454 e. The van der Waals surface area contributed by atoms with E-state index in [1.54, 1.807) is 24.5 Å². The van der Waals surface area contributed by atoms with E-state index in [0.717, 1.165) is 5.56 Å². The molecule has 8 heteroatoms. The molecule has 132 valence electrons. The Kier molecular flexibility index (Phi) is 4.18. The number of aliphatic imine (C=N–C) groups is 1. The molecule has 0 aromatic heterocycles. The highest BCUT2D eigenvalue weighted by atomic mass is 32.2. The third-order valence-corrected chi connectivity index (χ3v) is 5.13. The van der Waals surface area contributed by atoms with E-state index in [-0.39, 0.29) is 11.7 Å². The van der Waals surface area contributed by atoms with Crippen molar-refractivity contribution >= 4 is 27.8 Å². The molecule has 4 rings (SSSR count). The van der Waals surface area contributed by atoms with Gasteiger partial charge in [0.2, 0.25) is 6.79 Å². The molecule has 0 aliphatic carbocycles. The Morgan fingerprint density at radius 3 is 2.62 bits per heavy atom. The summed E-state index contributed by atoms with van der Waals surface area (Å²) < 4.78 is 38.9. The number of amidine groups is 1. The maximum Gasteiger partial charge on any atom is 0.283 e. The Hall–Kier alpha value is -3.13. The first-order valence-corrected chi connectivity index (χ1v) is 9.33. The lowest BCUT2D eigenvalue weighted by atomic mass is 10.2. The molecule has 26 heavy (non-hydrogen) atoms. The van der Waals surface area contributed by atoms with Crippen LogP contribution in [-0.2, 0) is 10.0 Å². The molecule has 2 heterocycles. The van der Waals surface area contributed by atoms with E-state index < -0.39 is 10.0 Å². The molecule has 0 saturated carbocycles. The maximum absolute atomic E-state index is 12.3. The molecule has 1 N–H and O–H groups in total. The number of hydrogen-bond acceptors (Lipinski definition) is 5. The number of fused-ring (bicyclic) bond motifs is 1. The van der Waals surface area contributed by atoms with Gasteiger partial charge in [0.15, 0.2) is 11.5 Å². The Labute approximate surface area is 150 Å². The molecule has 2 aromatic carbocycles. The molecule has 2 aromatic rings. The highest BCUT2D eigenvalue weighted by molar-refractivity contribution is 7.90. The second kappa shape index (κ2) is 6.64. The molecular weight excluding hydrogens is 354 g/mol. The smallest absolute Gasteiger partial charge is 0.283 e. The first-order chi connectivity index (χ1) is 12.6. The number of benzene rings is 2. The van der Waals surface area contributed by atoms with E-state index in [1.165, 1.54) is 12.1 Å². The average molecular weight is 369 g/mol. The van der Waals surface area contributed by atoms with Crippen molar-refractivity contribution in [3.8, 4) is 11.5 Å². The summed E-state index contributed by atoms with van der Waals surface area (Å²) in [5.41, 5.74) is 1.49. The van der Waals surface area contributed by atoms with Crippen LogP contribution in [0.4, 0.5) is 5.69 Å². The molecule has 0 fully saturated rings. The Bertz CT molecular complexity index is 1010. The second-order valence-corrected chi connectivity index (χ2v) is 7.23. The van der Waals surface area contributed by atoms with Crippen molar-refractivity contribution < 1.29 is 17.9 Å². The van der Waals surface area contributed by atoms with Crippen molar-refractivity contribution in [3.63, 3.8) is 0 Å². The van der Waals surface area contributed by atoms with Gasteiger partial charge >= 0.3 is 0 Å². The van der Waals surface area contributed by atoms with Crippen LogP contribution in [0.3, 0.4) is 0 Å². The number of rotatable bonds is 4. The number of nitrogens with one attached hydrogen (secondary N) is 1. The summed E-state index contributed by atoms with van der Waals surface area (Å²) in [6, 6.07) is 11.8. The second-order valence-electron chi connectivity index (χ2n) is 5.63. The van der Waals surface area contributed by atoms with E-state index in [4.69, 9.17) is 9.47 Å². The molecule has 0 radical (unpaired) electrons. The summed E-state index contributed by atoms with van der Waals surface area (Å²) in [6.45, 7) is 0.224. The zero-order valence-electron chi connectivity index (χ0n) is 13.6. The predicted molar refractivity (Wildman–Crippen MR) is 97.8 cm³/mol. The highest BCUT2D eigenvalue weighted by Crippen LogP contribution is 2.32. The lowest BCUT2D eigenvalue weighted by molar-refractivity contribution is 0.174. The SMILES string of the molecule is O=S(=O)(N=C1CC=CN1)c1ccc(N=Cc2ccc3c(c2)OCO3)cc1. The lowest BCUT2D eigenvalue weighted by Crippen LogP contribution is -2.13. The van der Waals surface area contributed by atoms with Gasteiger partial charge in [-0.05, 0) is 54.2 Å². The van der Waals surface area contributed by atoms with Crippen molar-refractivity contribution in [2.24, 2.45) is 9.39 Å². The number of sulfonamides is 1. The van der Waals surface area contributed by atoms with Gasteiger partial charge in [0.05, 0.1) is 10.6 Å². The van der Waals surface area contributed by atoms with Crippen molar-refractivity contribution in [2.45, 2.75) is 11.3 Å². The van der Waals surface area contributed by atoms with Crippen LogP contribution in [0.2, 0.25) is 0 Å². The molecular formula is C18H15N3O4S. The molecule has 2 aliphatic heterocycles. The van der Waals surface area contributed by atoms with Gasteiger partial charge < -0.3 is 14.8 Å². The molecule has 0 bridgehead atoms. The van der Waals surface area contributed by atoms with Gasteiger partial charge in [0, 0.05) is 12.6 Å². The number of ether oxygens (including phenoxy) is 2. The van der Waals surface area contributed by atoms with Gasteiger partial charge in [0.25, 0.3) is 10.0 Å². The van der Waals surface area contributed by atoms with Crippen molar-refractivity contribution in [2.75, 3.05) is 6.79 Å². The summed E-state index contributed by atoms with van der Waals surface area (Å²) in [6.07, 6.45) is 5.64. The van der Waals surface area contributed by atoms with Gasteiger partial charge in [-0.15, -0.1) is 4.40 Å². The Morgan fingerprint density at radius 1 is 1.04 bits per heavy atom. The van der Waals surface area contributed by atoms with Crippen LogP contribution in [0.25, 0.3) is 0 Å². The normalized spacial score (nSPS) is 17.2. The Balaban J connectivity index is 1.50. The zero-order chi connectivity index (χ0) is 18.0. The fourth-order valence-corrected chi connectivity index (χ4v) is 3.50. The summed E-state index contributed by atoms with van der Waals surface area (Å²) in [5, 5.41) is 2.80. The third kappa shape index (κ3) is 3.45. The maximum atomic E-state index is 12.3. The van der Waals surface area contributed by atoms with Crippen LogP contribution >= 0.6 is 0 Å². The first kappa shape index (κ1) is 16.3. The third-order valence-electron chi connectivity index (χ3n) is 3.80. The van der Waals surface area contributed by atoms with E-state index >= 15 is 0 Å². The lowest BCUT2D eigenvalue weighted by Gasteiger charge is -2.02. The van der Waals surface area contributed by atoms with E-state index in [0.29, 0.717) is 29.4 Å². The topological polar surface area (TPSA) is 89.4 Å². The standard InChI is InChI=1S/C18H15N3O4S/c22-26(23,21-18-2-1-9-19-18)15-6-4-14(5-7-15)20-11-13-3-8-16-17(10-13)25-12-24-16/h1,3-11H,2,12H2,(H,19,21). The van der Waals surface area contributed by atoms with Crippen LogP contribution in [-0.4, -0.2) is 27.3 Å². The molecule has 0 amide bonds. The molecule has 0 unspecified atom stereocenters. The monoisotopic (exact) mass is 369 g/mol. The minimum Gasteiger partial charge on any atom is -0.454 e. The van der Waals surface area contributed by atoms with Crippen LogP contribution in [0.1, 0.15) is 12.0 Å². The van der Waals surface area contributed by atoms with Crippen molar-refractivity contribution in [3.05, 3.63) is 60.3 Å². The highest BCUT2D eigenvalue weighted by Gasteiger charge is 2.15. The van der Waals surface area contributed by atoms with Crippen LogP contribution in [0.5, 0.6) is 11.5 Å². The predicted octanol–water partition coefficient (Wildman–Crippen LogP) is 2.76. The quantitative estimate of drug-likeness (QED) is 0.837.